The van der Waals surface area contributed by atoms with Gasteiger partial charge in [0.15, 0.2) is 0 Å². The molecule has 0 bridgehead atoms. The molecule has 0 radical (unpaired) electrons. The van der Waals surface area contributed by atoms with Gasteiger partial charge < -0.3 is 10.3 Å². The van der Waals surface area contributed by atoms with E-state index >= 15 is 4.57 Å². The fraction of sp³-hybridized carbons (Fsp3) is 0.267. The summed E-state index contributed by atoms with van der Waals surface area (Å²) in [6.45, 7) is 6.45. The van der Waals surface area contributed by atoms with Crippen LogP contribution in [-0.4, -0.2) is 15.6 Å². The number of para-hydroxylation sites is 2. The largest absolute Gasteiger partial charge is 0.401 e. The van der Waals surface area contributed by atoms with Crippen LogP contribution in [-0.2, 0) is 17.1 Å². The molecule has 5 heteroatoms. The van der Waals surface area contributed by atoms with Crippen LogP contribution in [0.4, 0.5) is 0 Å². The van der Waals surface area contributed by atoms with Crippen molar-refractivity contribution in [2.24, 2.45) is 11.1 Å². The van der Waals surface area contributed by atoms with Crippen LogP contribution in [0.5, 0.6) is 0 Å². The molecule has 1 aromatic heterocycles. The number of nitrogens with zero attached hydrogens (tertiary/aromatic N) is 2. The molecule has 2 unspecified atom stereocenters. The third kappa shape index (κ3) is 4.44. The van der Waals surface area contributed by atoms with Crippen LogP contribution in [0.15, 0.2) is 90.6 Å². The fourth-order valence-electron chi connectivity index (χ4n) is 5.58. The van der Waals surface area contributed by atoms with Gasteiger partial charge in [-0.25, -0.2) is 9.97 Å². The van der Waals surface area contributed by atoms with E-state index in [9.17, 15) is 0 Å². The normalized spacial score (nSPS) is 20.5. The predicted octanol–water partition coefficient (Wildman–Crippen LogP) is 7.17. The first-order valence-corrected chi connectivity index (χ1v) is 14.1. The first-order valence-electron chi connectivity index (χ1n) is 12.2. The number of hydrogen-bond acceptors (Lipinski definition) is 4. The average molecular weight is 482 g/mol. The van der Waals surface area contributed by atoms with Crippen molar-refractivity contribution in [3.8, 4) is 0 Å². The number of nitrogens with two attached hydrogens (primary N) is 1. The highest BCUT2D eigenvalue weighted by Gasteiger charge is 2.51. The standard InChI is InChI=1S/C30H32N3OP/c1-21-27(33-26-17-11-10-16-25(26)32-21)19-30(2,3)28-18-24(31)29(23-14-8-5-9-15-23)35(28,34)20-22-12-6-4-7-13-22/h4-17,28H,18-20,31H2,1-3H3. The average Bonchev–Trinajstić information content (AvgIpc) is 3.11. The zero-order valence-corrected chi connectivity index (χ0v) is 21.5. The van der Waals surface area contributed by atoms with Gasteiger partial charge in [0.2, 0.25) is 0 Å². The second-order valence-corrected chi connectivity index (χ2v) is 13.3. The Bertz CT molecular complexity index is 1440. The molecule has 0 saturated carbocycles. The molecule has 2 atom stereocenters. The van der Waals surface area contributed by atoms with Crippen LogP contribution in [0.25, 0.3) is 16.3 Å². The topological polar surface area (TPSA) is 68.9 Å². The van der Waals surface area contributed by atoms with E-state index in [4.69, 9.17) is 15.7 Å². The van der Waals surface area contributed by atoms with Gasteiger partial charge in [-0.1, -0.05) is 86.6 Å². The summed E-state index contributed by atoms with van der Waals surface area (Å²) in [6, 6.07) is 28.2. The minimum Gasteiger partial charge on any atom is -0.401 e. The van der Waals surface area contributed by atoms with E-state index in [-0.39, 0.29) is 11.1 Å². The van der Waals surface area contributed by atoms with Crippen LogP contribution in [0.2, 0.25) is 0 Å². The Balaban J connectivity index is 1.57. The Kier molecular flexibility index (Phi) is 6.11. The molecular weight excluding hydrogens is 449 g/mol. The lowest BCUT2D eigenvalue weighted by Crippen LogP contribution is -2.31. The molecule has 0 saturated heterocycles. The first-order chi connectivity index (χ1) is 16.8. The Morgan fingerprint density at radius 3 is 2.11 bits per heavy atom. The Hall–Kier alpha value is -3.23. The van der Waals surface area contributed by atoms with Gasteiger partial charge in [-0.05, 0) is 48.4 Å². The number of hydrogen-bond donors (Lipinski definition) is 1. The third-order valence-corrected chi connectivity index (χ3v) is 11.3. The van der Waals surface area contributed by atoms with E-state index in [1.807, 2.05) is 79.7 Å². The second-order valence-electron chi connectivity index (χ2n) is 10.3. The summed E-state index contributed by atoms with van der Waals surface area (Å²) in [5.74, 6) is 0. The van der Waals surface area contributed by atoms with E-state index in [2.05, 4.69) is 26.0 Å². The predicted molar refractivity (Wildman–Crippen MR) is 145 cm³/mol. The fourth-order valence-corrected chi connectivity index (χ4v) is 9.90. The molecule has 2 N–H and O–H groups in total. The minimum atomic E-state index is -2.91. The number of aromatic nitrogens is 2. The molecule has 0 fully saturated rings. The molecule has 2 heterocycles. The zero-order chi connectivity index (χ0) is 24.6. The van der Waals surface area contributed by atoms with Crippen LogP contribution in [0, 0.1) is 12.3 Å². The van der Waals surface area contributed by atoms with Gasteiger partial charge in [-0.15, -0.1) is 0 Å². The molecule has 4 nitrogen and oxygen atoms in total. The highest BCUT2D eigenvalue weighted by molar-refractivity contribution is 7.74. The van der Waals surface area contributed by atoms with Crippen molar-refractivity contribution in [3.63, 3.8) is 0 Å². The van der Waals surface area contributed by atoms with Gasteiger partial charge in [0.1, 0.15) is 7.14 Å². The van der Waals surface area contributed by atoms with E-state index < -0.39 is 7.14 Å². The Morgan fingerprint density at radius 2 is 1.46 bits per heavy atom. The highest BCUT2D eigenvalue weighted by atomic mass is 31.2. The van der Waals surface area contributed by atoms with Gasteiger partial charge in [-0.2, -0.15) is 0 Å². The van der Waals surface area contributed by atoms with Gasteiger partial charge in [0.05, 0.1) is 22.4 Å². The lowest BCUT2D eigenvalue weighted by molar-refractivity contribution is 0.331. The lowest BCUT2D eigenvalue weighted by Gasteiger charge is -2.37. The van der Waals surface area contributed by atoms with Crippen LogP contribution in [0.3, 0.4) is 0 Å². The number of benzene rings is 3. The van der Waals surface area contributed by atoms with Crippen molar-refractivity contribution in [2.45, 2.75) is 45.4 Å². The van der Waals surface area contributed by atoms with Crippen molar-refractivity contribution in [1.29, 1.82) is 0 Å². The molecule has 3 aromatic carbocycles. The van der Waals surface area contributed by atoms with Crippen LogP contribution in [0.1, 0.15) is 42.8 Å². The second kappa shape index (κ2) is 9.09. The molecular formula is C30H32N3OP. The summed E-state index contributed by atoms with van der Waals surface area (Å²) in [4.78, 5) is 9.76. The Labute approximate surface area is 207 Å². The monoisotopic (exact) mass is 481 g/mol. The smallest absolute Gasteiger partial charge is 0.125 e. The molecule has 0 spiro atoms. The van der Waals surface area contributed by atoms with Crippen molar-refractivity contribution < 1.29 is 4.57 Å². The maximum atomic E-state index is 15.2. The molecule has 4 aromatic rings. The molecule has 5 rings (SSSR count). The van der Waals surface area contributed by atoms with Crippen molar-refractivity contribution in [3.05, 3.63) is 113 Å². The maximum absolute atomic E-state index is 15.2. The zero-order valence-electron chi connectivity index (χ0n) is 20.6. The first kappa shape index (κ1) is 23.5. The Morgan fingerprint density at radius 1 is 0.886 bits per heavy atom. The maximum Gasteiger partial charge on any atom is 0.125 e. The summed E-state index contributed by atoms with van der Waals surface area (Å²) in [7, 11) is -2.91. The van der Waals surface area contributed by atoms with Gasteiger partial charge in [0, 0.05) is 22.8 Å². The summed E-state index contributed by atoms with van der Waals surface area (Å²) in [5.41, 5.74) is 12.8. The van der Waals surface area contributed by atoms with Crippen molar-refractivity contribution >= 4 is 23.5 Å². The van der Waals surface area contributed by atoms with Gasteiger partial charge >= 0.3 is 0 Å². The highest BCUT2D eigenvalue weighted by Crippen LogP contribution is 2.73. The summed E-state index contributed by atoms with van der Waals surface area (Å²) >= 11 is 0. The van der Waals surface area contributed by atoms with Crippen LogP contribution >= 0.6 is 7.14 Å². The molecule has 1 aliphatic rings. The van der Waals surface area contributed by atoms with Crippen molar-refractivity contribution in [1.82, 2.24) is 9.97 Å². The number of aryl methyl sites for hydroxylation is 1. The van der Waals surface area contributed by atoms with E-state index in [1.54, 1.807) is 0 Å². The molecule has 0 aliphatic carbocycles. The number of rotatable bonds is 6. The molecule has 0 amide bonds. The van der Waals surface area contributed by atoms with Gasteiger partial charge in [-0.3, -0.25) is 0 Å². The quantitative estimate of drug-likeness (QED) is 0.296. The SMILES string of the molecule is Cc1nc2ccccc2nc1CC(C)(C)C1CC(N)=C(c2ccccc2)P1(=O)Cc1ccccc1. The lowest BCUT2D eigenvalue weighted by atomic mass is 9.81. The van der Waals surface area contributed by atoms with Crippen LogP contribution < -0.4 is 5.73 Å². The minimum absolute atomic E-state index is 0.0851. The number of fused-ring (bicyclic) bond motifs is 1. The molecule has 1 aliphatic heterocycles. The molecule has 178 valence electrons. The van der Waals surface area contributed by atoms with E-state index in [1.165, 1.54) is 0 Å². The van der Waals surface area contributed by atoms with E-state index in [0.717, 1.165) is 44.6 Å². The summed E-state index contributed by atoms with van der Waals surface area (Å²) in [5, 5.41) is 0.862. The summed E-state index contributed by atoms with van der Waals surface area (Å²) in [6.07, 6.45) is 1.83. The number of allylic oxidation sites excluding steroid dienone is 1. The summed E-state index contributed by atoms with van der Waals surface area (Å²) < 4.78 is 15.2. The molecule has 35 heavy (non-hydrogen) atoms. The van der Waals surface area contributed by atoms with E-state index in [0.29, 0.717) is 19.0 Å². The van der Waals surface area contributed by atoms with Gasteiger partial charge in [0.25, 0.3) is 0 Å². The van der Waals surface area contributed by atoms with Crippen molar-refractivity contribution in [2.75, 3.05) is 0 Å². The third-order valence-electron chi connectivity index (χ3n) is 7.27.